The average molecular weight is 410 g/mol. The van der Waals surface area contributed by atoms with Gasteiger partial charge in [-0.2, -0.15) is 13.1 Å². The summed E-state index contributed by atoms with van der Waals surface area (Å²) in [5, 5.41) is 8.30. The van der Waals surface area contributed by atoms with Crippen molar-refractivity contribution >= 4 is 0 Å². The average Bonchev–Trinajstić information content (AvgIpc) is 2.84. The van der Waals surface area contributed by atoms with Crippen LogP contribution in [-0.2, 0) is 4.74 Å². The summed E-state index contributed by atoms with van der Waals surface area (Å²) in [6, 6.07) is 0. The molecule has 20 heavy (non-hydrogen) atoms. The molecule has 1 saturated carbocycles. The zero-order chi connectivity index (χ0) is 13.6. The maximum atomic E-state index is 5.00. The Labute approximate surface area is 156 Å². The number of hydrogen-bond donors (Lipinski definition) is 0. The van der Waals surface area contributed by atoms with E-state index in [0.29, 0.717) is 0 Å². The molecule has 0 aromatic carbocycles. The molecule has 0 bridgehead atoms. The number of methoxy groups -OCH3 is 1. The van der Waals surface area contributed by atoms with E-state index in [4.69, 9.17) is 4.74 Å². The maximum absolute atomic E-state index is 5.00. The SMILES string of the molecule is CC[N-]C(C)[N-]CC.COCCCC1CCCC1.[CH3-].[La+3]. The Morgan fingerprint density at radius 3 is 2.00 bits per heavy atom. The third-order valence-corrected chi connectivity index (χ3v) is 3.33. The molecule has 1 aliphatic carbocycles. The summed E-state index contributed by atoms with van der Waals surface area (Å²) in [6.45, 7) is 8.78. The molecule has 118 valence electrons. The Balaban J connectivity index is -0.000000269. The normalized spacial score (nSPS) is 14.2. The summed E-state index contributed by atoms with van der Waals surface area (Å²) in [5.74, 6) is 1.04. The fourth-order valence-corrected chi connectivity index (χ4v) is 2.40. The van der Waals surface area contributed by atoms with Gasteiger partial charge in [-0.25, -0.2) is 6.17 Å². The van der Waals surface area contributed by atoms with Gasteiger partial charge in [-0.05, 0) is 18.8 Å². The molecule has 0 N–H and O–H groups in total. The van der Waals surface area contributed by atoms with Crippen molar-refractivity contribution in [1.82, 2.24) is 0 Å². The topological polar surface area (TPSA) is 37.4 Å². The third kappa shape index (κ3) is 17.1. The second-order valence-electron chi connectivity index (χ2n) is 4.91. The van der Waals surface area contributed by atoms with Gasteiger partial charge in [0.25, 0.3) is 0 Å². The van der Waals surface area contributed by atoms with Crippen molar-refractivity contribution in [1.29, 1.82) is 0 Å². The molecule has 0 saturated heterocycles. The van der Waals surface area contributed by atoms with Crippen molar-refractivity contribution in [3.63, 3.8) is 0 Å². The molecule has 0 radical (unpaired) electrons. The van der Waals surface area contributed by atoms with Crippen LogP contribution in [0.1, 0.15) is 59.3 Å². The van der Waals surface area contributed by atoms with Crippen LogP contribution >= 0.6 is 0 Å². The number of hydrogen-bond acceptors (Lipinski definition) is 1. The number of rotatable bonds is 8. The van der Waals surface area contributed by atoms with E-state index >= 15 is 0 Å². The van der Waals surface area contributed by atoms with E-state index in [1.54, 1.807) is 7.11 Å². The maximum Gasteiger partial charge on any atom is 3.00 e. The minimum absolute atomic E-state index is 0. The van der Waals surface area contributed by atoms with E-state index < -0.39 is 0 Å². The van der Waals surface area contributed by atoms with E-state index in [-0.39, 0.29) is 49.2 Å². The van der Waals surface area contributed by atoms with E-state index in [2.05, 4.69) is 10.6 Å². The number of nitrogens with zero attached hydrogens (tertiary/aromatic N) is 2. The van der Waals surface area contributed by atoms with Crippen LogP contribution in [-0.4, -0.2) is 33.0 Å². The first-order valence-corrected chi connectivity index (χ1v) is 7.56. The molecular weight excluding hydrogens is 375 g/mol. The molecule has 1 aliphatic rings. The van der Waals surface area contributed by atoms with Crippen LogP contribution in [0.5, 0.6) is 0 Å². The predicted molar refractivity (Wildman–Crippen MR) is 86.7 cm³/mol. The fourth-order valence-electron chi connectivity index (χ4n) is 2.40. The first-order valence-electron chi connectivity index (χ1n) is 7.56. The molecule has 0 unspecified atom stereocenters. The van der Waals surface area contributed by atoms with Gasteiger partial charge in [0, 0.05) is 13.7 Å². The molecule has 0 amide bonds. The fraction of sp³-hybridized carbons (Fsp3) is 0.938. The first kappa shape index (κ1) is 26.0. The summed E-state index contributed by atoms with van der Waals surface area (Å²) >= 11 is 0. The summed E-state index contributed by atoms with van der Waals surface area (Å²) in [7, 11) is 1.79. The monoisotopic (exact) mass is 410 g/mol. The van der Waals surface area contributed by atoms with Crippen LogP contribution in [0, 0.1) is 48.9 Å². The van der Waals surface area contributed by atoms with Crippen molar-refractivity contribution in [3.05, 3.63) is 18.1 Å². The Morgan fingerprint density at radius 2 is 1.60 bits per heavy atom. The number of ether oxygens (including phenoxy) is 1. The standard InChI is InChI=1S/C9H18O.C6H14N2.CH3.La/c1-10-8-4-7-9-5-2-3-6-9;1-4-7-6(3)8-5-2;;/h9H,2-8H2,1H3;6H,4-5H2,1-3H3;1H3;/q;-2;-1;+3. The third-order valence-electron chi connectivity index (χ3n) is 3.33. The second kappa shape index (κ2) is 20.1. The van der Waals surface area contributed by atoms with Gasteiger partial charge in [0.15, 0.2) is 0 Å². The smallest absolute Gasteiger partial charge is 0.678 e. The molecule has 0 heterocycles. The molecule has 4 heteroatoms. The zero-order valence-corrected chi connectivity index (χ0v) is 18.0. The van der Waals surface area contributed by atoms with Crippen molar-refractivity contribution in [3.8, 4) is 0 Å². The van der Waals surface area contributed by atoms with E-state index in [0.717, 1.165) is 25.6 Å². The molecule has 0 aliphatic heterocycles. The van der Waals surface area contributed by atoms with Crippen LogP contribution in [0.25, 0.3) is 10.6 Å². The van der Waals surface area contributed by atoms with Gasteiger partial charge in [-0.15, -0.1) is 6.92 Å². The largest absolute Gasteiger partial charge is 3.00 e. The van der Waals surface area contributed by atoms with E-state index in [1.165, 1.54) is 38.5 Å². The molecule has 1 fully saturated rings. The van der Waals surface area contributed by atoms with Crippen molar-refractivity contribution in [2.24, 2.45) is 5.92 Å². The quantitative estimate of drug-likeness (QED) is 0.402. The van der Waals surface area contributed by atoms with Gasteiger partial charge in [0.1, 0.15) is 0 Å². The van der Waals surface area contributed by atoms with Crippen molar-refractivity contribution < 1.29 is 40.3 Å². The Hall–Kier alpha value is 1.07. The zero-order valence-electron chi connectivity index (χ0n) is 14.4. The van der Waals surface area contributed by atoms with Crippen LogP contribution < -0.4 is 0 Å². The van der Waals surface area contributed by atoms with Gasteiger partial charge in [-0.3, -0.25) is 0 Å². The van der Waals surface area contributed by atoms with Crippen LogP contribution in [0.2, 0.25) is 0 Å². The Morgan fingerprint density at radius 1 is 1.10 bits per heavy atom. The summed E-state index contributed by atoms with van der Waals surface area (Å²) in [6.07, 6.45) is 8.77. The van der Waals surface area contributed by atoms with E-state index in [9.17, 15) is 0 Å². The van der Waals surface area contributed by atoms with Gasteiger partial charge in [-0.1, -0.05) is 39.5 Å². The molecule has 0 atom stereocenters. The summed E-state index contributed by atoms with van der Waals surface area (Å²) in [4.78, 5) is 0. The molecule has 3 nitrogen and oxygen atoms in total. The molecule has 0 aromatic rings. The minimum atomic E-state index is 0. The van der Waals surface area contributed by atoms with Gasteiger partial charge >= 0.3 is 35.6 Å². The molecule has 0 aromatic heterocycles. The predicted octanol–water partition coefficient (Wildman–Crippen LogP) is 5.17. The molecule has 0 spiro atoms. The Bertz CT molecular complexity index is 159. The van der Waals surface area contributed by atoms with Gasteiger partial charge < -0.3 is 22.8 Å². The van der Waals surface area contributed by atoms with Crippen molar-refractivity contribution in [2.45, 2.75) is 65.5 Å². The van der Waals surface area contributed by atoms with Crippen LogP contribution in [0.4, 0.5) is 0 Å². The Kier molecular flexibility index (Phi) is 26.1. The second-order valence-corrected chi connectivity index (χ2v) is 4.91. The van der Waals surface area contributed by atoms with Crippen LogP contribution in [0.15, 0.2) is 0 Å². The van der Waals surface area contributed by atoms with E-state index in [1.807, 2.05) is 20.8 Å². The molecule has 1 rings (SSSR count). The van der Waals surface area contributed by atoms with Crippen molar-refractivity contribution in [2.75, 3.05) is 26.8 Å². The first-order chi connectivity index (χ1) is 8.74. The summed E-state index contributed by atoms with van der Waals surface area (Å²) in [5.41, 5.74) is 0. The molecular formula is C16H35LaN2O. The minimum Gasteiger partial charge on any atom is -0.678 e. The van der Waals surface area contributed by atoms with Gasteiger partial charge in [0.2, 0.25) is 0 Å². The van der Waals surface area contributed by atoms with Crippen LogP contribution in [0.3, 0.4) is 0 Å². The summed E-state index contributed by atoms with van der Waals surface area (Å²) < 4.78 is 5.00. The van der Waals surface area contributed by atoms with Gasteiger partial charge in [0.05, 0.1) is 0 Å².